The molecule has 1 N–H and O–H groups in total. The van der Waals surface area contributed by atoms with Gasteiger partial charge >= 0.3 is 0 Å². The fourth-order valence-electron chi connectivity index (χ4n) is 3.43. The van der Waals surface area contributed by atoms with Gasteiger partial charge in [-0.2, -0.15) is 5.10 Å². The number of carbonyl (C=O) groups excluding carboxylic acids is 1. The van der Waals surface area contributed by atoms with E-state index in [1.54, 1.807) is 10.9 Å². The van der Waals surface area contributed by atoms with Crippen molar-refractivity contribution in [2.24, 2.45) is 7.05 Å². The third-order valence-electron chi connectivity index (χ3n) is 4.72. The lowest BCUT2D eigenvalue weighted by atomic mass is 10.1. The van der Waals surface area contributed by atoms with Gasteiger partial charge in [0.2, 0.25) is 0 Å². The Labute approximate surface area is 140 Å². The zero-order chi connectivity index (χ0) is 16.5. The van der Waals surface area contributed by atoms with Gasteiger partial charge in [-0.1, -0.05) is 6.07 Å². The first-order valence-corrected chi connectivity index (χ1v) is 8.35. The third-order valence-corrected chi connectivity index (χ3v) is 4.72. The van der Waals surface area contributed by atoms with E-state index < -0.39 is 0 Å². The molecule has 2 atom stereocenters. The highest BCUT2D eigenvalue weighted by molar-refractivity contribution is 5.94. The molecule has 1 amide bonds. The zero-order valence-electron chi connectivity index (χ0n) is 13.7. The summed E-state index contributed by atoms with van der Waals surface area (Å²) in [5.41, 5.74) is 2.97. The van der Waals surface area contributed by atoms with E-state index in [9.17, 15) is 4.79 Å². The van der Waals surface area contributed by atoms with Crippen molar-refractivity contribution < 1.29 is 14.3 Å². The molecular formula is C18H21N3O3. The van der Waals surface area contributed by atoms with Gasteiger partial charge in [-0.25, -0.2) is 0 Å². The number of benzene rings is 1. The maximum absolute atomic E-state index is 12.6. The number of carbonyl (C=O) groups is 1. The molecule has 2 heterocycles. The number of nitrogens with zero attached hydrogens (tertiary/aromatic N) is 2. The van der Waals surface area contributed by atoms with Crippen LogP contribution < -0.4 is 10.1 Å². The summed E-state index contributed by atoms with van der Waals surface area (Å²) < 4.78 is 13.1. The van der Waals surface area contributed by atoms with Crippen LogP contribution in [0, 0.1) is 0 Å². The SMILES string of the molecule is Cn1cc(O[C@@H]2CCC[C@@H]2NC(=O)c2ccc3c(c2)COC3)cn1. The summed E-state index contributed by atoms with van der Waals surface area (Å²) in [7, 11) is 1.86. The Balaban J connectivity index is 1.42. The first-order chi connectivity index (χ1) is 11.7. The molecule has 1 aromatic heterocycles. The van der Waals surface area contributed by atoms with Gasteiger partial charge in [0.15, 0.2) is 5.75 Å². The minimum absolute atomic E-state index is 0.00379. The highest BCUT2D eigenvalue weighted by Gasteiger charge is 2.31. The minimum Gasteiger partial charge on any atom is -0.485 e. The number of fused-ring (bicyclic) bond motifs is 1. The van der Waals surface area contributed by atoms with Crippen LogP contribution in [0.15, 0.2) is 30.6 Å². The van der Waals surface area contributed by atoms with Crippen LogP contribution in [0.1, 0.15) is 40.7 Å². The molecule has 0 bridgehead atoms. The Morgan fingerprint density at radius 2 is 2.21 bits per heavy atom. The number of nitrogens with one attached hydrogen (secondary N) is 1. The Morgan fingerprint density at radius 3 is 3.04 bits per heavy atom. The monoisotopic (exact) mass is 327 g/mol. The molecule has 1 fully saturated rings. The second kappa shape index (κ2) is 6.28. The van der Waals surface area contributed by atoms with Crippen LogP contribution in [0.25, 0.3) is 0 Å². The van der Waals surface area contributed by atoms with Crippen LogP contribution in [-0.4, -0.2) is 27.8 Å². The quantitative estimate of drug-likeness (QED) is 0.935. The number of aromatic nitrogens is 2. The molecule has 1 saturated carbocycles. The summed E-state index contributed by atoms with van der Waals surface area (Å²) in [5, 5.41) is 7.25. The molecule has 4 rings (SSSR count). The first-order valence-electron chi connectivity index (χ1n) is 8.35. The maximum Gasteiger partial charge on any atom is 0.251 e. The lowest BCUT2D eigenvalue weighted by Gasteiger charge is -2.21. The Kier molecular flexibility index (Phi) is 3.98. The molecule has 2 aliphatic rings. The molecule has 24 heavy (non-hydrogen) atoms. The molecule has 6 nitrogen and oxygen atoms in total. The molecule has 6 heteroatoms. The number of hydrogen-bond donors (Lipinski definition) is 1. The Hall–Kier alpha value is -2.34. The van der Waals surface area contributed by atoms with Crippen LogP contribution in [-0.2, 0) is 25.0 Å². The van der Waals surface area contributed by atoms with E-state index in [2.05, 4.69) is 10.4 Å². The smallest absolute Gasteiger partial charge is 0.251 e. The molecule has 1 aliphatic heterocycles. The van der Waals surface area contributed by atoms with Gasteiger partial charge in [-0.05, 0) is 42.5 Å². The Bertz CT molecular complexity index is 756. The maximum atomic E-state index is 12.6. The van der Waals surface area contributed by atoms with Crippen LogP contribution in [0.5, 0.6) is 5.75 Å². The van der Waals surface area contributed by atoms with Crippen molar-refractivity contribution >= 4 is 5.91 Å². The summed E-state index contributed by atoms with van der Waals surface area (Å²) in [6.45, 7) is 1.23. The van der Waals surface area contributed by atoms with E-state index in [4.69, 9.17) is 9.47 Å². The van der Waals surface area contributed by atoms with E-state index in [1.807, 2.05) is 31.4 Å². The van der Waals surface area contributed by atoms with Crippen LogP contribution >= 0.6 is 0 Å². The van der Waals surface area contributed by atoms with Crippen LogP contribution in [0.4, 0.5) is 0 Å². The number of rotatable bonds is 4. The van der Waals surface area contributed by atoms with Crippen molar-refractivity contribution in [3.8, 4) is 5.75 Å². The third kappa shape index (κ3) is 3.01. The summed E-state index contributed by atoms with van der Waals surface area (Å²) in [5.74, 6) is 0.703. The predicted molar refractivity (Wildman–Crippen MR) is 87.7 cm³/mol. The minimum atomic E-state index is -0.0450. The topological polar surface area (TPSA) is 65.4 Å². The van der Waals surface area contributed by atoms with Crippen molar-refractivity contribution in [1.29, 1.82) is 0 Å². The highest BCUT2D eigenvalue weighted by Crippen LogP contribution is 2.25. The van der Waals surface area contributed by atoms with Crippen molar-refractivity contribution in [3.05, 3.63) is 47.3 Å². The largest absolute Gasteiger partial charge is 0.485 e. The molecular weight excluding hydrogens is 306 g/mol. The van der Waals surface area contributed by atoms with Crippen molar-refractivity contribution in [2.75, 3.05) is 0 Å². The van der Waals surface area contributed by atoms with E-state index >= 15 is 0 Å². The molecule has 126 valence electrons. The van der Waals surface area contributed by atoms with Gasteiger partial charge < -0.3 is 14.8 Å². The average molecular weight is 327 g/mol. The van der Waals surface area contributed by atoms with Gasteiger partial charge in [-0.3, -0.25) is 9.48 Å². The van der Waals surface area contributed by atoms with Crippen molar-refractivity contribution in [3.63, 3.8) is 0 Å². The Morgan fingerprint density at radius 1 is 1.33 bits per heavy atom. The standard InChI is InChI=1S/C18H21N3O3/c1-21-9-15(8-19-21)24-17-4-2-3-16(17)20-18(22)12-5-6-13-10-23-11-14(13)7-12/h5-9,16-17H,2-4,10-11H2,1H3,(H,20,22)/t16-,17+/m0/s1. The fraction of sp³-hybridized carbons (Fsp3) is 0.444. The van der Waals surface area contributed by atoms with E-state index in [0.29, 0.717) is 18.8 Å². The molecule has 0 radical (unpaired) electrons. The van der Waals surface area contributed by atoms with Crippen LogP contribution in [0.3, 0.4) is 0 Å². The van der Waals surface area contributed by atoms with Gasteiger partial charge in [0, 0.05) is 12.6 Å². The molecule has 1 aromatic carbocycles. The molecule has 0 unspecified atom stereocenters. The van der Waals surface area contributed by atoms with Gasteiger partial charge in [0.25, 0.3) is 5.91 Å². The molecule has 1 aliphatic carbocycles. The van der Waals surface area contributed by atoms with Crippen molar-refractivity contribution in [2.45, 2.75) is 44.6 Å². The van der Waals surface area contributed by atoms with Crippen LogP contribution in [0.2, 0.25) is 0 Å². The number of aryl methyl sites for hydroxylation is 1. The summed E-state index contributed by atoms with van der Waals surface area (Å²) in [6, 6.07) is 5.82. The fourth-order valence-corrected chi connectivity index (χ4v) is 3.43. The van der Waals surface area contributed by atoms with E-state index in [0.717, 1.165) is 30.6 Å². The second-order valence-electron chi connectivity index (χ2n) is 6.49. The van der Waals surface area contributed by atoms with Gasteiger partial charge in [0.1, 0.15) is 6.10 Å². The van der Waals surface area contributed by atoms with E-state index in [-0.39, 0.29) is 18.1 Å². The summed E-state index contributed by atoms with van der Waals surface area (Å²) in [6.07, 6.45) is 6.47. The van der Waals surface area contributed by atoms with Gasteiger partial charge in [-0.15, -0.1) is 0 Å². The molecule has 2 aromatic rings. The zero-order valence-corrected chi connectivity index (χ0v) is 13.7. The molecule has 0 saturated heterocycles. The lowest BCUT2D eigenvalue weighted by Crippen LogP contribution is -2.42. The summed E-state index contributed by atoms with van der Waals surface area (Å²) in [4.78, 5) is 12.6. The first kappa shape index (κ1) is 15.2. The number of hydrogen-bond acceptors (Lipinski definition) is 4. The lowest BCUT2D eigenvalue weighted by molar-refractivity contribution is 0.0894. The predicted octanol–water partition coefficient (Wildman–Crippen LogP) is 2.18. The second-order valence-corrected chi connectivity index (χ2v) is 6.49. The van der Waals surface area contributed by atoms with Gasteiger partial charge in [0.05, 0.1) is 31.6 Å². The average Bonchev–Trinajstić information content (AvgIpc) is 3.29. The highest BCUT2D eigenvalue weighted by atomic mass is 16.5. The van der Waals surface area contributed by atoms with E-state index in [1.165, 1.54) is 5.56 Å². The summed E-state index contributed by atoms with van der Waals surface area (Å²) >= 11 is 0. The number of amides is 1. The normalized spacial score (nSPS) is 22.4. The molecule has 0 spiro atoms. The van der Waals surface area contributed by atoms with Crippen molar-refractivity contribution in [1.82, 2.24) is 15.1 Å². The number of ether oxygens (including phenoxy) is 2.